The summed E-state index contributed by atoms with van der Waals surface area (Å²) in [7, 11) is 1.51. The number of aromatic hydroxyl groups is 1. The number of hydrogen-bond donors (Lipinski definition) is 2. The number of carbonyl (C=O) groups is 2. The summed E-state index contributed by atoms with van der Waals surface area (Å²) in [5.41, 5.74) is 0.978. The number of amides is 1. The minimum atomic E-state index is -0.947. The van der Waals surface area contributed by atoms with Gasteiger partial charge < -0.3 is 14.9 Å². The van der Waals surface area contributed by atoms with Crippen LogP contribution in [-0.4, -0.2) is 34.0 Å². The summed E-state index contributed by atoms with van der Waals surface area (Å²) in [6.07, 6.45) is 3.06. The van der Waals surface area contributed by atoms with Gasteiger partial charge in [0.2, 0.25) is 0 Å². The van der Waals surface area contributed by atoms with Gasteiger partial charge in [0.15, 0.2) is 0 Å². The van der Waals surface area contributed by atoms with Gasteiger partial charge in [-0.1, -0.05) is 12.1 Å². The molecule has 1 amide bonds. The van der Waals surface area contributed by atoms with Gasteiger partial charge in [-0.25, -0.2) is 0 Å². The molecule has 2 N–H and O–H groups in total. The molecular formula is C23H17BrN2O5. The molecule has 3 aromatic rings. The first-order valence-electron chi connectivity index (χ1n) is 9.27. The summed E-state index contributed by atoms with van der Waals surface area (Å²) in [6.45, 7) is 0. The highest BCUT2D eigenvalue weighted by atomic mass is 79.9. The van der Waals surface area contributed by atoms with Crippen molar-refractivity contribution >= 4 is 39.1 Å². The van der Waals surface area contributed by atoms with E-state index in [1.807, 2.05) is 0 Å². The van der Waals surface area contributed by atoms with Crippen LogP contribution in [0.1, 0.15) is 17.2 Å². The molecule has 1 aliphatic heterocycles. The maximum absolute atomic E-state index is 13.1. The molecule has 2 heterocycles. The lowest BCUT2D eigenvalue weighted by atomic mass is 9.95. The van der Waals surface area contributed by atoms with Crippen molar-refractivity contribution in [2.45, 2.75) is 6.04 Å². The molecule has 1 aliphatic rings. The number of rotatable bonds is 4. The Morgan fingerprint density at radius 1 is 1.10 bits per heavy atom. The Bertz CT molecular complexity index is 1210. The number of nitrogens with zero attached hydrogens (tertiary/aromatic N) is 2. The number of ether oxygens (including phenoxy) is 1. The summed E-state index contributed by atoms with van der Waals surface area (Å²) in [4.78, 5) is 31.3. The average molecular weight is 481 g/mol. The molecule has 8 heteroatoms. The Morgan fingerprint density at radius 2 is 1.81 bits per heavy atom. The van der Waals surface area contributed by atoms with Gasteiger partial charge in [-0.05, 0) is 64.0 Å². The van der Waals surface area contributed by atoms with E-state index in [-0.39, 0.29) is 22.8 Å². The number of aliphatic hydroxyl groups excluding tert-OH is 1. The second-order valence-electron chi connectivity index (χ2n) is 6.79. The maximum atomic E-state index is 13.1. The number of halogens is 1. The zero-order valence-electron chi connectivity index (χ0n) is 16.3. The summed E-state index contributed by atoms with van der Waals surface area (Å²) >= 11 is 3.37. The van der Waals surface area contributed by atoms with Gasteiger partial charge in [0.1, 0.15) is 17.3 Å². The van der Waals surface area contributed by atoms with E-state index < -0.39 is 17.7 Å². The molecule has 0 bridgehead atoms. The lowest BCUT2D eigenvalue weighted by Crippen LogP contribution is -2.29. The molecule has 31 heavy (non-hydrogen) atoms. The number of pyridine rings is 1. The summed E-state index contributed by atoms with van der Waals surface area (Å²) in [5, 5.41) is 21.5. The molecule has 4 rings (SSSR count). The van der Waals surface area contributed by atoms with E-state index in [1.165, 1.54) is 30.5 Å². The van der Waals surface area contributed by atoms with E-state index in [0.29, 0.717) is 21.3 Å². The van der Waals surface area contributed by atoms with Gasteiger partial charge in [0.25, 0.3) is 11.7 Å². The first kappa shape index (κ1) is 20.6. The second kappa shape index (κ2) is 8.23. The van der Waals surface area contributed by atoms with Gasteiger partial charge in [-0.2, -0.15) is 0 Å². The van der Waals surface area contributed by atoms with Gasteiger partial charge in [0.05, 0.1) is 28.9 Å². The number of anilines is 1. The van der Waals surface area contributed by atoms with Crippen LogP contribution in [0, 0.1) is 0 Å². The molecule has 0 radical (unpaired) electrons. The number of hydrogen-bond acceptors (Lipinski definition) is 6. The van der Waals surface area contributed by atoms with Crippen LogP contribution >= 0.6 is 15.9 Å². The van der Waals surface area contributed by atoms with Crippen LogP contribution < -0.4 is 9.64 Å². The third-order valence-corrected chi connectivity index (χ3v) is 5.65. The first-order chi connectivity index (χ1) is 14.9. The number of aromatic nitrogens is 1. The molecule has 1 fully saturated rings. The van der Waals surface area contributed by atoms with Gasteiger partial charge in [0, 0.05) is 18.0 Å². The Balaban J connectivity index is 1.95. The Hall–Kier alpha value is -3.65. The maximum Gasteiger partial charge on any atom is 0.300 e. The summed E-state index contributed by atoms with van der Waals surface area (Å²) in [5.74, 6) is -1.64. The van der Waals surface area contributed by atoms with Crippen LogP contribution in [0.25, 0.3) is 5.76 Å². The SMILES string of the molecule is COc1ccc(/C(O)=C2/C(=O)C(=O)N(c3ccccc3O)C2c2ccncc2)cc1Br. The highest BCUT2D eigenvalue weighted by molar-refractivity contribution is 9.10. The van der Waals surface area contributed by atoms with Crippen molar-refractivity contribution in [2.24, 2.45) is 0 Å². The van der Waals surface area contributed by atoms with Crippen molar-refractivity contribution in [3.8, 4) is 11.5 Å². The zero-order valence-corrected chi connectivity index (χ0v) is 17.9. The first-order valence-corrected chi connectivity index (χ1v) is 10.1. The summed E-state index contributed by atoms with van der Waals surface area (Å²) in [6, 6.07) is 13.4. The van der Waals surface area contributed by atoms with Gasteiger partial charge in [-0.3, -0.25) is 19.5 Å². The van der Waals surface area contributed by atoms with Crippen molar-refractivity contribution in [1.29, 1.82) is 0 Å². The normalized spacial score (nSPS) is 17.7. The highest BCUT2D eigenvalue weighted by Gasteiger charge is 2.47. The van der Waals surface area contributed by atoms with E-state index in [1.54, 1.807) is 48.5 Å². The quantitative estimate of drug-likeness (QED) is 0.330. The molecule has 7 nitrogen and oxygen atoms in total. The van der Waals surface area contributed by atoms with E-state index in [0.717, 1.165) is 0 Å². The lowest BCUT2D eigenvalue weighted by Gasteiger charge is -2.25. The molecule has 1 saturated heterocycles. The van der Waals surface area contributed by atoms with Crippen LogP contribution in [0.3, 0.4) is 0 Å². The number of phenols is 1. The van der Waals surface area contributed by atoms with Crippen LogP contribution in [-0.2, 0) is 9.59 Å². The molecule has 1 unspecified atom stereocenters. The van der Waals surface area contributed by atoms with Crippen molar-refractivity contribution < 1.29 is 24.5 Å². The van der Waals surface area contributed by atoms with Crippen molar-refractivity contribution in [3.63, 3.8) is 0 Å². The number of Topliss-reactive ketones (excluding diaryl/α,β-unsaturated/α-hetero) is 1. The number of aliphatic hydroxyl groups is 1. The third kappa shape index (κ3) is 3.55. The molecule has 0 aliphatic carbocycles. The Morgan fingerprint density at radius 3 is 2.45 bits per heavy atom. The fraction of sp³-hybridized carbons (Fsp3) is 0.0870. The summed E-state index contributed by atoms with van der Waals surface area (Å²) < 4.78 is 5.79. The van der Waals surface area contributed by atoms with E-state index in [4.69, 9.17) is 4.74 Å². The van der Waals surface area contributed by atoms with Crippen molar-refractivity contribution in [3.05, 3.63) is 88.2 Å². The van der Waals surface area contributed by atoms with E-state index >= 15 is 0 Å². The minimum Gasteiger partial charge on any atom is -0.507 e. The van der Waals surface area contributed by atoms with E-state index in [2.05, 4.69) is 20.9 Å². The van der Waals surface area contributed by atoms with Crippen LogP contribution in [0.15, 0.2) is 77.0 Å². The number of methoxy groups -OCH3 is 1. The fourth-order valence-corrected chi connectivity index (χ4v) is 4.12. The molecular weight excluding hydrogens is 464 g/mol. The number of benzene rings is 2. The predicted octanol–water partition coefficient (Wildman–Crippen LogP) is 4.18. The molecule has 1 aromatic heterocycles. The molecule has 0 spiro atoms. The zero-order chi connectivity index (χ0) is 22.1. The number of ketones is 1. The van der Waals surface area contributed by atoms with Crippen LogP contribution in [0.5, 0.6) is 11.5 Å². The van der Waals surface area contributed by atoms with E-state index in [9.17, 15) is 19.8 Å². The molecule has 0 saturated carbocycles. The minimum absolute atomic E-state index is 0.0866. The molecule has 156 valence electrons. The largest absolute Gasteiger partial charge is 0.507 e. The van der Waals surface area contributed by atoms with Crippen molar-refractivity contribution in [2.75, 3.05) is 12.0 Å². The number of para-hydroxylation sites is 2. The number of carbonyl (C=O) groups excluding carboxylic acids is 2. The second-order valence-corrected chi connectivity index (χ2v) is 7.64. The highest BCUT2D eigenvalue weighted by Crippen LogP contribution is 2.44. The lowest BCUT2D eigenvalue weighted by molar-refractivity contribution is -0.132. The van der Waals surface area contributed by atoms with Gasteiger partial charge in [-0.15, -0.1) is 0 Å². The third-order valence-electron chi connectivity index (χ3n) is 5.03. The fourth-order valence-electron chi connectivity index (χ4n) is 3.58. The topological polar surface area (TPSA) is 100.0 Å². The monoisotopic (exact) mass is 480 g/mol. The molecule has 2 aromatic carbocycles. The van der Waals surface area contributed by atoms with Gasteiger partial charge >= 0.3 is 0 Å². The van der Waals surface area contributed by atoms with Crippen molar-refractivity contribution in [1.82, 2.24) is 4.98 Å². The smallest absolute Gasteiger partial charge is 0.300 e. The predicted molar refractivity (Wildman–Crippen MR) is 118 cm³/mol. The Kier molecular flexibility index (Phi) is 5.48. The van der Waals surface area contributed by atoms with Crippen LogP contribution in [0.2, 0.25) is 0 Å². The number of phenolic OH excluding ortho intramolecular Hbond substituents is 1. The van der Waals surface area contributed by atoms with Crippen LogP contribution in [0.4, 0.5) is 5.69 Å². The Labute approximate surface area is 186 Å². The average Bonchev–Trinajstić information content (AvgIpc) is 3.04. The standard InChI is InChI=1S/C23H17BrN2O5/c1-31-18-7-6-14(12-15(18)24)21(28)19-20(13-8-10-25-11-9-13)26(23(30)22(19)29)16-4-2-3-5-17(16)27/h2-12,20,27-28H,1H3/b21-19-. The molecule has 1 atom stereocenters.